The third-order valence-electron chi connectivity index (χ3n) is 3.73. The first kappa shape index (κ1) is 14.1. The topological polar surface area (TPSA) is 46.3 Å². The summed E-state index contributed by atoms with van der Waals surface area (Å²) in [4.78, 5) is 2.02. The maximum Gasteiger partial charge on any atom is 0.453 e. The maximum atomic E-state index is 12.9. The monoisotopic (exact) mass is 299 g/mol. The van der Waals surface area contributed by atoms with Crippen LogP contribution in [0.5, 0.6) is 0 Å². The third kappa shape index (κ3) is 2.66. The number of nitrogens with zero attached hydrogens (tertiary/aromatic N) is 5. The van der Waals surface area contributed by atoms with E-state index in [1.807, 2.05) is 4.90 Å². The van der Waals surface area contributed by atoms with Gasteiger partial charge in [0, 0.05) is 13.1 Å². The Morgan fingerprint density at radius 1 is 1.19 bits per heavy atom. The van der Waals surface area contributed by atoms with Gasteiger partial charge in [-0.1, -0.05) is 13.8 Å². The molecule has 2 aromatic rings. The molecule has 1 saturated heterocycles. The molecule has 3 heterocycles. The number of halogens is 3. The van der Waals surface area contributed by atoms with Gasteiger partial charge in [-0.2, -0.15) is 17.7 Å². The van der Waals surface area contributed by atoms with Gasteiger partial charge in [0.15, 0.2) is 5.65 Å². The zero-order valence-corrected chi connectivity index (χ0v) is 11.9. The van der Waals surface area contributed by atoms with Crippen LogP contribution >= 0.6 is 0 Å². The SMILES string of the molecule is CC1(C)CCCN(c2ccc3nnc(C(F)(F)F)n3n2)C1. The van der Waals surface area contributed by atoms with Crippen molar-refractivity contribution in [1.29, 1.82) is 0 Å². The molecule has 1 aliphatic heterocycles. The molecule has 114 valence electrons. The fraction of sp³-hybridized carbons (Fsp3) is 0.615. The average Bonchev–Trinajstić information content (AvgIpc) is 2.80. The van der Waals surface area contributed by atoms with Crippen LogP contribution in [0, 0.1) is 5.41 Å². The highest BCUT2D eigenvalue weighted by atomic mass is 19.4. The van der Waals surface area contributed by atoms with Crippen LogP contribution in [0.25, 0.3) is 5.65 Å². The largest absolute Gasteiger partial charge is 0.453 e. The Balaban J connectivity index is 2.00. The van der Waals surface area contributed by atoms with Crippen LogP contribution in [0.15, 0.2) is 12.1 Å². The Bertz CT molecular complexity index is 661. The number of piperidine rings is 1. The second-order valence-corrected chi connectivity index (χ2v) is 6.17. The van der Waals surface area contributed by atoms with E-state index in [0.717, 1.165) is 30.4 Å². The lowest BCUT2D eigenvalue weighted by Gasteiger charge is -2.38. The van der Waals surface area contributed by atoms with Crippen molar-refractivity contribution in [3.63, 3.8) is 0 Å². The van der Waals surface area contributed by atoms with Crippen LogP contribution in [0.3, 0.4) is 0 Å². The molecule has 0 radical (unpaired) electrons. The smallest absolute Gasteiger partial charge is 0.355 e. The lowest BCUT2D eigenvalue weighted by Crippen LogP contribution is -2.40. The second kappa shape index (κ2) is 4.57. The molecule has 21 heavy (non-hydrogen) atoms. The van der Waals surface area contributed by atoms with Crippen molar-refractivity contribution in [2.45, 2.75) is 32.9 Å². The van der Waals surface area contributed by atoms with Gasteiger partial charge in [0.25, 0.3) is 5.82 Å². The molecular formula is C13H16F3N5. The third-order valence-corrected chi connectivity index (χ3v) is 3.73. The number of hydrogen-bond donors (Lipinski definition) is 0. The summed E-state index contributed by atoms with van der Waals surface area (Å²) in [6.45, 7) is 5.87. The minimum absolute atomic E-state index is 0.0994. The first-order chi connectivity index (χ1) is 9.76. The summed E-state index contributed by atoms with van der Waals surface area (Å²) in [7, 11) is 0. The van der Waals surface area contributed by atoms with Crippen molar-refractivity contribution in [3.8, 4) is 0 Å². The summed E-state index contributed by atoms with van der Waals surface area (Å²) < 4.78 is 39.4. The van der Waals surface area contributed by atoms with Crippen molar-refractivity contribution < 1.29 is 13.2 Å². The van der Waals surface area contributed by atoms with Gasteiger partial charge in [-0.15, -0.1) is 15.3 Å². The van der Waals surface area contributed by atoms with Gasteiger partial charge in [-0.25, -0.2) is 0 Å². The minimum atomic E-state index is -4.56. The molecule has 5 nitrogen and oxygen atoms in total. The summed E-state index contributed by atoms with van der Waals surface area (Å²) in [5.41, 5.74) is 0.233. The Hall–Kier alpha value is -1.86. The minimum Gasteiger partial charge on any atom is -0.355 e. The van der Waals surface area contributed by atoms with Crippen molar-refractivity contribution in [3.05, 3.63) is 18.0 Å². The van der Waals surface area contributed by atoms with Crippen LogP contribution in [0.4, 0.5) is 19.0 Å². The fourth-order valence-corrected chi connectivity index (χ4v) is 2.74. The molecular weight excluding hydrogens is 283 g/mol. The molecule has 0 aliphatic carbocycles. The normalized spacial score (nSPS) is 19.2. The molecule has 0 amide bonds. The predicted octanol–water partition coefficient (Wildman–Crippen LogP) is 2.77. The zero-order valence-electron chi connectivity index (χ0n) is 11.9. The lowest BCUT2D eigenvalue weighted by molar-refractivity contribution is -0.146. The van der Waals surface area contributed by atoms with Gasteiger partial charge in [0.05, 0.1) is 0 Å². The molecule has 0 saturated carbocycles. The summed E-state index contributed by atoms with van der Waals surface area (Å²) in [6.07, 6.45) is -2.46. The predicted molar refractivity (Wildman–Crippen MR) is 71.0 cm³/mol. The zero-order chi connectivity index (χ0) is 15.3. The molecule has 0 N–H and O–H groups in total. The molecule has 0 bridgehead atoms. The van der Waals surface area contributed by atoms with Gasteiger partial charge >= 0.3 is 6.18 Å². The number of fused-ring (bicyclic) bond motifs is 1. The molecule has 0 atom stereocenters. The van der Waals surface area contributed by atoms with E-state index in [9.17, 15) is 13.2 Å². The standard InChI is InChI=1S/C13H16F3N5/c1-12(2)6-3-7-20(8-12)10-5-4-9-17-18-11(13(14,15)16)21(9)19-10/h4-5H,3,6-8H2,1-2H3. The van der Waals surface area contributed by atoms with Crippen molar-refractivity contribution >= 4 is 11.5 Å². The molecule has 0 unspecified atom stereocenters. The lowest BCUT2D eigenvalue weighted by atomic mass is 9.84. The average molecular weight is 299 g/mol. The van der Waals surface area contributed by atoms with Crippen LogP contribution in [-0.2, 0) is 6.18 Å². The fourth-order valence-electron chi connectivity index (χ4n) is 2.74. The Labute approximate surface area is 119 Å². The molecule has 3 rings (SSSR count). The number of anilines is 1. The molecule has 8 heteroatoms. The Kier molecular flexibility index (Phi) is 3.07. The highest BCUT2D eigenvalue weighted by molar-refractivity contribution is 5.46. The van der Waals surface area contributed by atoms with Gasteiger partial charge < -0.3 is 4.90 Å². The van der Waals surface area contributed by atoms with E-state index in [2.05, 4.69) is 29.1 Å². The van der Waals surface area contributed by atoms with Crippen molar-refractivity contribution in [1.82, 2.24) is 19.8 Å². The second-order valence-electron chi connectivity index (χ2n) is 6.17. The Morgan fingerprint density at radius 3 is 2.62 bits per heavy atom. The molecule has 1 fully saturated rings. The van der Waals surface area contributed by atoms with Gasteiger partial charge in [0.2, 0.25) is 0 Å². The van der Waals surface area contributed by atoms with E-state index in [0.29, 0.717) is 5.82 Å². The first-order valence-electron chi connectivity index (χ1n) is 6.81. The van der Waals surface area contributed by atoms with E-state index in [4.69, 9.17) is 0 Å². The number of rotatable bonds is 1. The van der Waals surface area contributed by atoms with E-state index < -0.39 is 12.0 Å². The van der Waals surface area contributed by atoms with E-state index in [1.54, 1.807) is 6.07 Å². The van der Waals surface area contributed by atoms with Crippen LogP contribution in [0.2, 0.25) is 0 Å². The number of hydrogen-bond acceptors (Lipinski definition) is 4. The van der Waals surface area contributed by atoms with Gasteiger partial charge in [-0.3, -0.25) is 0 Å². The van der Waals surface area contributed by atoms with Crippen molar-refractivity contribution in [2.24, 2.45) is 5.41 Å². The molecule has 1 aliphatic rings. The highest BCUT2D eigenvalue weighted by Gasteiger charge is 2.38. The first-order valence-corrected chi connectivity index (χ1v) is 6.81. The quantitative estimate of drug-likeness (QED) is 0.812. The summed E-state index contributed by atoms with van der Waals surface area (Å²) in [5, 5.41) is 10.8. The van der Waals surface area contributed by atoms with E-state index in [1.165, 1.54) is 6.07 Å². The highest BCUT2D eigenvalue weighted by Crippen LogP contribution is 2.32. The van der Waals surface area contributed by atoms with Crippen LogP contribution < -0.4 is 4.90 Å². The van der Waals surface area contributed by atoms with Crippen molar-refractivity contribution in [2.75, 3.05) is 18.0 Å². The van der Waals surface area contributed by atoms with Crippen LogP contribution in [-0.4, -0.2) is 32.9 Å². The summed E-state index contributed by atoms with van der Waals surface area (Å²) >= 11 is 0. The van der Waals surface area contributed by atoms with E-state index in [-0.39, 0.29) is 11.1 Å². The number of alkyl halides is 3. The van der Waals surface area contributed by atoms with Gasteiger partial charge in [0.1, 0.15) is 5.82 Å². The molecule has 0 spiro atoms. The molecule has 0 aromatic carbocycles. The Morgan fingerprint density at radius 2 is 1.95 bits per heavy atom. The number of aromatic nitrogens is 4. The van der Waals surface area contributed by atoms with Gasteiger partial charge in [-0.05, 0) is 30.4 Å². The maximum absolute atomic E-state index is 12.9. The molecule has 2 aromatic heterocycles. The van der Waals surface area contributed by atoms with Crippen LogP contribution in [0.1, 0.15) is 32.5 Å². The summed E-state index contributed by atoms with van der Waals surface area (Å²) in [6, 6.07) is 3.22. The summed E-state index contributed by atoms with van der Waals surface area (Å²) in [5.74, 6) is -0.559. The van der Waals surface area contributed by atoms with E-state index >= 15 is 0 Å².